The Bertz CT molecular complexity index is 1300. The third-order valence-electron chi connectivity index (χ3n) is 5.57. The topological polar surface area (TPSA) is 120 Å². The molecule has 3 N–H and O–H groups in total. The van der Waals surface area contributed by atoms with Crippen LogP contribution in [0.4, 0.5) is 11.5 Å². The number of unbranched alkanes of at least 4 members (excludes halogenated alkanes) is 1. The Hall–Kier alpha value is -4.01. The molecule has 1 amide bonds. The smallest absolute Gasteiger partial charge is 0.330 e. The molecule has 1 heterocycles. The van der Waals surface area contributed by atoms with E-state index < -0.39 is 17.2 Å². The van der Waals surface area contributed by atoms with Gasteiger partial charge in [0, 0.05) is 12.1 Å². The number of amides is 1. The van der Waals surface area contributed by atoms with E-state index in [9.17, 15) is 14.4 Å². The van der Waals surface area contributed by atoms with Crippen molar-refractivity contribution < 1.29 is 14.3 Å². The van der Waals surface area contributed by atoms with E-state index in [0.29, 0.717) is 30.0 Å². The van der Waals surface area contributed by atoms with Crippen LogP contribution in [-0.4, -0.2) is 29.7 Å². The summed E-state index contributed by atoms with van der Waals surface area (Å²) in [5, 5.41) is 0. The molecule has 0 unspecified atom stereocenters. The zero-order valence-corrected chi connectivity index (χ0v) is 19.9. The van der Waals surface area contributed by atoms with Gasteiger partial charge in [-0.1, -0.05) is 43.2 Å². The van der Waals surface area contributed by atoms with Crippen LogP contribution >= 0.6 is 0 Å². The molecule has 0 atom stereocenters. The molecule has 0 aliphatic rings. The fraction of sp³-hybridized carbons (Fsp3) is 0.320. The molecule has 3 rings (SSSR count). The normalized spacial score (nSPS) is 10.7. The van der Waals surface area contributed by atoms with Crippen molar-refractivity contribution in [3.8, 4) is 11.5 Å². The Morgan fingerprint density at radius 1 is 1.09 bits per heavy atom. The number of anilines is 2. The molecule has 0 bridgehead atoms. The number of aromatic nitrogens is 2. The number of ether oxygens (including phenoxy) is 2. The lowest BCUT2D eigenvalue weighted by atomic mass is 10.1. The molecule has 0 spiro atoms. The molecule has 0 aliphatic heterocycles. The summed E-state index contributed by atoms with van der Waals surface area (Å²) in [6.07, 6.45) is 1.51. The number of nitrogens with zero attached hydrogens (tertiary/aromatic N) is 2. The van der Waals surface area contributed by atoms with Crippen LogP contribution in [-0.2, 0) is 13.1 Å². The number of carbonyl (C=O) groups excluding carboxylic acids is 1. The van der Waals surface area contributed by atoms with Gasteiger partial charge in [0.2, 0.25) is 0 Å². The van der Waals surface area contributed by atoms with E-state index >= 15 is 0 Å². The van der Waals surface area contributed by atoms with E-state index in [1.54, 1.807) is 24.3 Å². The lowest BCUT2D eigenvalue weighted by molar-refractivity contribution is 0.0981. The van der Waals surface area contributed by atoms with Crippen molar-refractivity contribution in [3.05, 3.63) is 80.0 Å². The number of carbonyl (C=O) groups is 1. The van der Waals surface area contributed by atoms with Crippen molar-refractivity contribution in [3.63, 3.8) is 0 Å². The summed E-state index contributed by atoms with van der Waals surface area (Å²) >= 11 is 0. The Morgan fingerprint density at radius 3 is 2.47 bits per heavy atom. The summed E-state index contributed by atoms with van der Waals surface area (Å²) in [4.78, 5) is 43.0. The lowest BCUT2D eigenvalue weighted by Crippen LogP contribution is -2.41. The third kappa shape index (κ3) is 4.98. The zero-order chi connectivity index (χ0) is 24.8. The number of aromatic amines is 1. The molecule has 0 radical (unpaired) electrons. The fourth-order valence-electron chi connectivity index (χ4n) is 3.77. The second-order valence-electron chi connectivity index (χ2n) is 7.91. The fourth-order valence-corrected chi connectivity index (χ4v) is 3.77. The van der Waals surface area contributed by atoms with E-state index in [1.807, 2.05) is 32.0 Å². The highest BCUT2D eigenvalue weighted by Gasteiger charge is 2.28. The molecule has 34 heavy (non-hydrogen) atoms. The van der Waals surface area contributed by atoms with Gasteiger partial charge in [0.15, 0.2) is 5.69 Å². The number of methoxy groups -OCH3 is 2. The Morgan fingerprint density at radius 2 is 1.79 bits per heavy atom. The minimum absolute atomic E-state index is 0.0147. The molecule has 0 saturated heterocycles. The number of rotatable bonds is 9. The second-order valence-corrected chi connectivity index (χ2v) is 7.91. The van der Waals surface area contributed by atoms with E-state index in [-0.39, 0.29) is 23.6 Å². The van der Waals surface area contributed by atoms with Crippen LogP contribution in [0.3, 0.4) is 0 Å². The summed E-state index contributed by atoms with van der Waals surface area (Å²) < 4.78 is 12.2. The molecule has 180 valence electrons. The molecule has 3 aromatic rings. The van der Waals surface area contributed by atoms with Gasteiger partial charge in [-0.25, -0.2) is 4.79 Å². The minimum atomic E-state index is -0.745. The summed E-state index contributed by atoms with van der Waals surface area (Å²) in [6, 6.07) is 12.4. The maximum Gasteiger partial charge on any atom is 0.330 e. The first-order chi connectivity index (χ1) is 16.3. The maximum absolute atomic E-state index is 13.9. The molecule has 1 aromatic heterocycles. The molecule has 0 fully saturated rings. The van der Waals surface area contributed by atoms with Gasteiger partial charge < -0.3 is 15.2 Å². The molecule has 9 heteroatoms. The lowest BCUT2D eigenvalue weighted by Gasteiger charge is -2.26. The predicted octanol–water partition coefficient (Wildman–Crippen LogP) is 3.09. The van der Waals surface area contributed by atoms with Crippen molar-refractivity contribution in [2.45, 2.75) is 39.8 Å². The van der Waals surface area contributed by atoms with E-state index in [4.69, 9.17) is 15.2 Å². The number of para-hydroxylation sites is 1. The van der Waals surface area contributed by atoms with Gasteiger partial charge in [0.05, 0.1) is 26.3 Å². The molecule has 0 aliphatic carbocycles. The number of hydrogen-bond donors (Lipinski definition) is 2. The van der Waals surface area contributed by atoms with Gasteiger partial charge in [-0.15, -0.1) is 0 Å². The molecular weight excluding hydrogens is 436 g/mol. The molecular formula is C25H30N4O5. The van der Waals surface area contributed by atoms with Crippen molar-refractivity contribution >= 4 is 17.4 Å². The Labute approximate surface area is 197 Å². The van der Waals surface area contributed by atoms with Crippen molar-refractivity contribution in [2.24, 2.45) is 0 Å². The van der Waals surface area contributed by atoms with E-state index in [0.717, 1.165) is 12.0 Å². The minimum Gasteiger partial charge on any atom is -0.496 e. The van der Waals surface area contributed by atoms with Crippen LogP contribution in [0.5, 0.6) is 11.5 Å². The van der Waals surface area contributed by atoms with Gasteiger partial charge in [-0.2, -0.15) is 0 Å². The Kier molecular flexibility index (Phi) is 7.78. The highest BCUT2D eigenvalue weighted by Crippen LogP contribution is 2.29. The number of benzene rings is 2. The van der Waals surface area contributed by atoms with Gasteiger partial charge >= 0.3 is 5.69 Å². The number of hydrogen-bond acceptors (Lipinski definition) is 6. The van der Waals surface area contributed by atoms with Crippen LogP contribution in [0, 0.1) is 6.92 Å². The molecule has 9 nitrogen and oxygen atoms in total. The van der Waals surface area contributed by atoms with Gasteiger partial charge in [-0.3, -0.25) is 24.0 Å². The first kappa shape index (κ1) is 24.6. The maximum atomic E-state index is 13.9. The standard InChI is InChI=1S/C25H30N4O5/c1-5-6-13-28-22(26)21(23(30)27-25(28)32)29(15-17-9-7-8-10-19(17)33-3)24(31)18-14-16(2)11-12-20(18)34-4/h7-12,14H,5-6,13,15,26H2,1-4H3,(H,27,30,32). The third-order valence-corrected chi connectivity index (χ3v) is 5.57. The SMILES string of the molecule is CCCCn1c(N)c(N(Cc2ccccc2OC)C(=O)c2cc(C)ccc2OC)c(=O)[nH]c1=O. The first-order valence-corrected chi connectivity index (χ1v) is 11.0. The average molecular weight is 467 g/mol. The highest BCUT2D eigenvalue weighted by atomic mass is 16.5. The quantitative estimate of drug-likeness (QED) is 0.500. The number of nitrogens with two attached hydrogens (primary N) is 1. The van der Waals surface area contributed by atoms with Crippen LogP contribution in [0.15, 0.2) is 52.1 Å². The van der Waals surface area contributed by atoms with E-state index in [1.165, 1.54) is 23.7 Å². The summed E-state index contributed by atoms with van der Waals surface area (Å²) in [5.74, 6) is 0.335. The molecule has 0 saturated carbocycles. The summed E-state index contributed by atoms with van der Waals surface area (Å²) in [6.45, 7) is 4.14. The zero-order valence-electron chi connectivity index (χ0n) is 19.9. The first-order valence-electron chi connectivity index (χ1n) is 11.0. The van der Waals surface area contributed by atoms with Crippen LogP contribution in [0.2, 0.25) is 0 Å². The predicted molar refractivity (Wildman–Crippen MR) is 132 cm³/mol. The largest absolute Gasteiger partial charge is 0.496 e. The summed E-state index contributed by atoms with van der Waals surface area (Å²) in [7, 11) is 3.00. The van der Waals surface area contributed by atoms with Gasteiger partial charge in [-0.05, 0) is 31.5 Å². The number of H-pyrrole nitrogens is 1. The van der Waals surface area contributed by atoms with Crippen molar-refractivity contribution in [1.82, 2.24) is 9.55 Å². The van der Waals surface area contributed by atoms with Crippen LogP contribution in [0.25, 0.3) is 0 Å². The van der Waals surface area contributed by atoms with Gasteiger partial charge in [0.25, 0.3) is 11.5 Å². The van der Waals surface area contributed by atoms with Crippen LogP contribution < -0.4 is 31.4 Å². The van der Waals surface area contributed by atoms with Gasteiger partial charge in [0.1, 0.15) is 17.3 Å². The summed E-state index contributed by atoms with van der Waals surface area (Å²) in [5.41, 5.74) is 6.67. The number of nitrogens with one attached hydrogen (secondary N) is 1. The number of aryl methyl sites for hydroxylation is 1. The average Bonchev–Trinajstić information content (AvgIpc) is 2.83. The van der Waals surface area contributed by atoms with Crippen LogP contribution in [0.1, 0.15) is 41.3 Å². The van der Waals surface area contributed by atoms with Crippen molar-refractivity contribution in [1.29, 1.82) is 0 Å². The monoisotopic (exact) mass is 466 g/mol. The molecule has 2 aromatic carbocycles. The second kappa shape index (κ2) is 10.7. The van der Waals surface area contributed by atoms with E-state index in [2.05, 4.69) is 4.98 Å². The highest BCUT2D eigenvalue weighted by molar-refractivity contribution is 6.09. The Balaban J connectivity index is 2.25. The van der Waals surface area contributed by atoms with Crippen molar-refractivity contribution in [2.75, 3.05) is 24.9 Å². The number of nitrogen functional groups attached to an aromatic ring is 1.